The first kappa shape index (κ1) is 25.3. The number of aliphatic hydroxyl groups excluding tert-OH is 2. The molecule has 2 amide bonds. The molecule has 0 spiro atoms. The number of hydrogen-bond acceptors (Lipinski definition) is 7. The molecule has 3 aromatic rings. The minimum absolute atomic E-state index is 0.166. The van der Waals surface area contributed by atoms with Crippen molar-refractivity contribution in [2.45, 2.75) is 38.1 Å². The summed E-state index contributed by atoms with van der Waals surface area (Å²) in [7, 11) is 0. The molecule has 8 heteroatoms. The number of rotatable bonds is 6. The maximum Gasteiger partial charge on any atom is 0.238 e. The van der Waals surface area contributed by atoms with E-state index in [0.717, 1.165) is 5.56 Å². The fraction of sp³-hybridized carbons (Fsp3) is 0.323. The standard InChI is InChI=1S/C31H30N2O6/c34-26-17-25(32-38-18-19-8-3-1-4-9-19)23-14-15-24-28(27(23)29(26)35)31(37)33(30(24)36)20-10-7-13-22(16-20)39-21-11-5-2-6-12-21/h1-13,16,23-24,26-29,34-35H,14-15,17-18H2/b32-25+/t23-,24-,26-,27+,28-,29-/m1/s1. The normalized spacial score (nSPS) is 29.2. The number of aliphatic hydroxyl groups is 2. The van der Waals surface area contributed by atoms with Crippen molar-refractivity contribution in [2.75, 3.05) is 4.90 Å². The summed E-state index contributed by atoms with van der Waals surface area (Å²) >= 11 is 0. The van der Waals surface area contributed by atoms with Crippen LogP contribution in [-0.4, -0.2) is 39.9 Å². The van der Waals surface area contributed by atoms with Crippen LogP contribution in [0.2, 0.25) is 0 Å². The summed E-state index contributed by atoms with van der Waals surface area (Å²) in [4.78, 5) is 34.2. The topological polar surface area (TPSA) is 109 Å². The van der Waals surface area contributed by atoms with Crippen LogP contribution in [0.5, 0.6) is 11.5 Å². The van der Waals surface area contributed by atoms with Crippen LogP contribution in [0.4, 0.5) is 5.69 Å². The smallest absolute Gasteiger partial charge is 0.238 e. The molecule has 1 saturated heterocycles. The van der Waals surface area contributed by atoms with E-state index in [2.05, 4.69) is 5.16 Å². The van der Waals surface area contributed by atoms with Crippen molar-refractivity contribution >= 4 is 23.2 Å². The average molecular weight is 527 g/mol. The molecule has 3 fully saturated rings. The van der Waals surface area contributed by atoms with Crippen LogP contribution < -0.4 is 9.64 Å². The molecule has 0 radical (unpaired) electrons. The molecule has 1 heterocycles. The molecule has 6 atom stereocenters. The SMILES string of the molecule is O=C1[C@H]2[C@H]3[C@H](O)[C@H](O)C/C(=N\OCc4ccccc4)[C@H]3CC[C@H]2C(=O)N1c1cccc(Oc2ccccc2)c1. The van der Waals surface area contributed by atoms with E-state index in [0.29, 0.717) is 35.7 Å². The minimum Gasteiger partial charge on any atom is -0.457 e. The number of hydrogen-bond donors (Lipinski definition) is 2. The number of anilines is 1. The molecule has 0 bridgehead atoms. The molecular weight excluding hydrogens is 496 g/mol. The Balaban J connectivity index is 1.24. The second-order valence-corrected chi connectivity index (χ2v) is 10.4. The van der Waals surface area contributed by atoms with Crippen LogP contribution in [0.1, 0.15) is 24.8 Å². The predicted molar refractivity (Wildman–Crippen MR) is 144 cm³/mol. The number of oxime groups is 1. The van der Waals surface area contributed by atoms with Gasteiger partial charge >= 0.3 is 0 Å². The maximum atomic E-state index is 13.8. The minimum atomic E-state index is -1.14. The van der Waals surface area contributed by atoms with Crippen molar-refractivity contribution in [3.63, 3.8) is 0 Å². The van der Waals surface area contributed by atoms with Gasteiger partial charge in [-0.1, -0.05) is 59.8 Å². The first-order chi connectivity index (χ1) is 19.0. The molecule has 0 aromatic heterocycles. The lowest BCUT2D eigenvalue weighted by Crippen LogP contribution is -2.54. The van der Waals surface area contributed by atoms with Gasteiger partial charge in [-0.25, -0.2) is 4.90 Å². The third-order valence-corrected chi connectivity index (χ3v) is 8.09. The van der Waals surface area contributed by atoms with Gasteiger partial charge in [0.1, 0.15) is 18.1 Å². The Morgan fingerprint density at radius 2 is 1.51 bits per heavy atom. The zero-order chi connectivity index (χ0) is 26.9. The Labute approximate surface area is 226 Å². The Morgan fingerprint density at radius 3 is 2.28 bits per heavy atom. The lowest BCUT2D eigenvalue weighted by molar-refractivity contribution is -0.132. The monoisotopic (exact) mass is 526 g/mol. The molecular formula is C31H30N2O6. The second kappa shape index (κ2) is 10.6. The fourth-order valence-electron chi connectivity index (χ4n) is 6.30. The van der Waals surface area contributed by atoms with Gasteiger partial charge in [0.2, 0.25) is 11.8 Å². The molecule has 1 aliphatic heterocycles. The second-order valence-electron chi connectivity index (χ2n) is 10.4. The van der Waals surface area contributed by atoms with Gasteiger partial charge in [0, 0.05) is 24.3 Å². The van der Waals surface area contributed by atoms with E-state index in [1.54, 1.807) is 24.3 Å². The van der Waals surface area contributed by atoms with Crippen LogP contribution >= 0.6 is 0 Å². The molecule has 6 rings (SSSR count). The van der Waals surface area contributed by atoms with Gasteiger partial charge in [0.05, 0.1) is 35.4 Å². The van der Waals surface area contributed by atoms with E-state index in [-0.39, 0.29) is 30.8 Å². The molecule has 200 valence electrons. The third-order valence-electron chi connectivity index (χ3n) is 8.09. The molecule has 3 aromatic carbocycles. The number of para-hydroxylation sites is 1. The highest BCUT2D eigenvalue weighted by atomic mass is 16.6. The van der Waals surface area contributed by atoms with E-state index in [9.17, 15) is 19.8 Å². The summed E-state index contributed by atoms with van der Waals surface area (Å²) in [5, 5.41) is 26.1. The highest BCUT2D eigenvalue weighted by Gasteiger charge is 2.60. The molecule has 2 N–H and O–H groups in total. The number of nitrogens with zero attached hydrogens (tertiary/aromatic N) is 2. The van der Waals surface area contributed by atoms with Crippen LogP contribution in [0.3, 0.4) is 0 Å². The molecule has 39 heavy (non-hydrogen) atoms. The lowest BCUT2D eigenvalue weighted by atomic mass is 9.60. The van der Waals surface area contributed by atoms with Gasteiger partial charge in [0.15, 0.2) is 0 Å². The first-order valence-electron chi connectivity index (χ1n) is 13.3. The number of benzene rings is 3. The molecule has 2 aliphatic carbocycles. The Hall–Kier alpha value is -4.01. The van der Waals surface area contributed by atoms with Gasteiger partial charge in [-0.3, -0.25) is 9.59 Å². The molecule has 0 unspecified atom stereocenters. The van der Waals surface area contributed by atoms with Gasteiger partial charge in [0.25, 0.3) is 0 Å². The van der Waals surface area contributed by atoms with Crippen LogP contribution in [0.15, 0.2) is 90.1 Å². The van der Waals surface area contributed by atoms with E-state index in [1.807, 2.05) is 60.7 Å². The zero-order valence-electron chi connectivity index (χ0n) is 21.3. The summed E-state index contributed by atoms with van der Waals surface area (Å²) in [6.45, 7) is 0.277. The Kier molecular flexibility index (Phi) is 6.89. The number of amides is 2. The van der Waals surface area contributed by atoms with E-state index < -0.39 is 30.0 Å². The highest BCUT2D eigenvalue weighted by Crippen LogP contribution is 2.50. The van der Waals surface area contributed by atoms with Gasteiger partial charge in [-0.05, 0) is 42.7 Å². The third kappa shape index (κ3) is 4.82. The van der Waals surface area contributed by atoms with Crippen LogP contribution in [-0.2, 0) is 21.0 Å². The number of carbonyl (C=O) groups is 2. The summed E-state index contributed by atoms with van der Waals surface area (Å²) in [5.74, 6) is -1.71. The summed E-state index contributed by atoms with van der Waals surface area (Å²) in [5.41, 5.74) is 2.02. The summed E-state index contributed by atoms with van der Waals surface area (Å²) < 4.78 is 5.92. The maximum absolute atomic E-state index is 13.8. The van der Waals surface area contributed by atoms with Gasteiger partial charge in [-0.2, -0.15) is 0 Å². The zero-order valence-corrected chi connectivity index (χ0v) is 21.3. The lowest BCUT2D eigenvalue weighted by Gasteiger charge is -2.45. The predicted octanol–water partition coefficient (Wildman–Crippen LogP) is 4.31. The molecule has 3 aliphatic rings. The number of carbonyl (C=O) groups excluding carboxylic acids is 2. The van der Waals surface area contributed by atoms with Crippen molar-refractivity contribution in [1.82, 2.24) is 0 Å². The van der Waals surface area contributed by atoms with E-state index in [4.69, 9.17) is 9.57 Å². The Bertz CT molecular complexity index is 1380. The van der Waals surface area contributed by atoms with Crippen molar-refractivity contribution < 1.29 is 29.4 Å². The fourth-order valence-corrected chi connectivity index (χ4v) is 6.30. The summed E-state index contributed by atoms with van der Waals surface area (Å²) in [6, 6.07) is 25.8. The van der Waals surface area contributed by atoms with Gasteiger partial charge < -0.3 is 19.8 Å². The number of fused-ring (bicyclic) bond motifs is 3. The number of imide groups is 1. The average Bonchev–Trinajstić information content (AvgIpc) is 3.22. The summed E-state index contributed by atoms with van der Waals surface area (Å²) in [6.07, 6.45) is -0.996. The highest BCUT2D eigenvalue weighted by molar-refractivity contribution is 6.22. The van der Waals surface area contributed by atoms with Crippen molar-refractivity contribution in [1.29, 1.82) is 0 Å². The molecule has 8 nitrogen and oxygen atoms in total. The van der Waals surface area contributed by atoms with Crippen molar-refractivity contribution in [3.8, 4) is 11.5 Å². The Morgan fingerprint density at radius 1 is 0.821 bits per heavy atom. The van der Waals surface area contributed by atoms with E-state index in [1.165, 1.54) is 4.90 Å². The van der Waals surface area contributed by atoms with Gasteiger partial charge in [-0.15, -0.1) is 0 Å². The van der Waals surface area contributed by atoms with Crippen LogP contribution in [0.25, 0.3) is 0 Å². The van der Waals surface area contributed by atoms with Crippen molar-refractivity contribution in [2.24, 2.45) is 28.8 Å². The largest absolute Gasteiger partial charge is 0.457 e. The number of ether oxygens (including phenoxy) is 1. The molecule has 2 saturated carbocycles. The van der Waals surface area contributed by atoms with E-state index >= 15 is 0 Å². The quantitative estimate of drug-likeness (QED) is 0.366. The first-order valence-corrected chi connectivity index (χ1v) is 13.3. The van der Waals surface area contributed by atoms with Crippen molar-refractivity contribution in [3.05, 3.63) is 90.5 Å². The van der Waals surface area contributed by atoms with Crippen LogP contribution in [0, 0.1) is 23.7 Å².